The predicted octanol–water partition coefficient (Wildman–Crippen LogP) is 3.77. The fourth-order valence-corrected chi connectivity index (χ4v) is 3.31. The van der Waals surface area contributed by atoms with E-state index in [-0.39, 0.29) is 0 Å². The second-order valence-corrected chi connectivity index (χ2v) is 5.94. The number of fused-ring (bicyclic) bond motifs is 1. The standard InChI is InChI=1S/C14H8ClN5OS/c1-7-9-2-3-10(18-13(9)21-20-7)11-12(15)19-14(22-11)8-4-16-6-17-5-8/h2-6H,1H3. The first-order valence-electron chi connectivity index (χ1n) is 6.37. The fourth-order valence-electron chi connectivity index (χ4n) is 2.07. The highest BCUT2D eigenvalue weighted by molar-refractivity contribution is 7.19. The third kappa shape index (κ3) is 2.15. The van der Waals surface area contributed by atoms with Gasteiger partial charge in [0.05, 0.1) is 21.7 Å². The lowest BCUT2D eigenvalue weighted by atomic mass is 10.2. The van der Waals surface area contributed by atoms with E-state index in [2.05, 4.69) is 25.1 Å². The monoisotopic (exact) mass is 329 g/mol. The van der Waals surface area contributed by atoms with Gasteiger partial charge >= 0.3 is 0 Å². The molecule has 0 fully saturated rings. The second-order valence-electron chi connectivity index (χ2n) is 4.58. The van der Waals surface area contributed by atoms with Gasteiger partial charge in [-0.05, 0) is 19.1 Å². The Bertz CT molecular complexity index is 966. The summed E-state index contributed by atoms with van der Waals surface area (Å²) in [7, 11) is 0. The highest BCUT2D eigenvalue weighted by Crippen LogP contribution is 2.37. The third-order valence-corrected chi connectivity index (χ3v) is 4.66. The van der Waals surface area contributed by atoms with E-state index in [9.17, 15) is 0 Å². The Morgan fingerprint density at radius 3 is 2.77 bits per heavy atom. The summed E-state index contributed by atoms with van der Waals surface area (Å²) in [4.78, 5) is 17.6. The fraction of sp³-hybridized carbons (Fsp3) is 0.0714. The molecule has 0 spiro atoms. The molecule has 108 valence electrons. The van der Waals surface area contributed by atoms with Gasteiger partial charge in [-0.1, -0.05) is 16.8 Å². The molecule has 0 atom stereocenters. The molecule has 4 aromatic rings. The molecule has 0 unspecified atom stereocenters. The smallest absolute Gasteiger partial charge is 0.258 e. The van der Waals surface area contributed by atoms with E-state index in [0.717, 1.165) is 26.5 Å². The van der Waals surface area contributed by atoms with Gasteiger partial charge in [0.15, 0.2) is 0 Å². The van der Waals surface area contributed by atoms with Crippen LogP contribution in [0.1, 0.15) is 5.69 Å². The van der Waals surface area contributed by atoms with Crippen molar-refractivity contribution in [2.45, 2.75) is 6.92 Å². The lowest BCUT2D eigenvalue weighted by molar-refractivity contribution is 0.443. The Hall–Kier alpha value is -2.38. The van der Waals surface area contributed by atoms with E-state index in [0.29, 0.717) is 16.6 Å². The van der Waals surface area contributed by atoms with Crippen LogP contribution in [-0.4, -0.2) is 25.1 Å². The van der Waals surface area contributed by atoms with Crippen LogP contribution in [0.2, 0.25) is 5.15 Å². The third-order valence-electron chi connectivity index (χ3n) is 3.15. The Kier molecular flexibility index (Phi) is 3.09. The molecule has 0 aliphatic heterocycles. The van der Waals surface area contributed by atoms with Gasteiger partial charge in [0, 0.05) is 18.0 Å². The zero-order chi connectivity index (χ0) is 15.1. The molecule has 4 aromatic heterocycles. The first-order valence-corrected chi connectivity index (χ1v) is 7.57. The minimum Gasteiger partial charge on any atom is -0.336 e. The maximum Gasteiger partial charge on any atom is 0.258 e. The Balaban J connectivity index is 1.83. The highest BCUT2D eigenvalue weighted by Gasteiger charge is 2.16. The molecular formula is C14H8ClN5OS. The van der Waals surface area contributed by atoms with Crippen LogP contribution in [-0.2, 0) is 0 Å². The van der Waals surface area contributed by atoms with Crippen LogP contribution in [0, 0.1) is 6.92 Å². The average molecular weight is 330 g/mol. The molecule has 22 heavy (non-hydrogen) atoms. The molecule has 0 bridgehead atoms. The van der Waals surface area contributed by atoms with Crippen LogP contribution < -0.4 is 0 Å². The lowest BCUT2D eigenvalue weighted by Crippen LogP contribution is -1.81. The molecular weight excluding hydrogens is 322 g/mol. The number of aryl methyl sites for hydroxylation is 1. The summed E-state index contributed by atoms with van der Waals surface area (Å²) >= 11 is 7.69. The van der Waals surface area contributed by atoms with E-state index in [1.165, 1.54) is 17.7 Å². The number of thiazole rings is 1. The van der Waals surface area contributed by atoms with Crippen molar-refractivity contribution in [3.8, 4) is 21.1 Å². The van der Waals surface area contributed by atoms with Crippen molar-refractivity contribution in [2.75, 3.05) is 0 Å². The van der Waals surface area contributed by atoms with Crippen LogP contribution in [0.4, 0.5) is 0 Å². The number of hydrogen-bond donors (Lipinski definition) is 0. The summed E-state index contributed by atoms with van der Waals surface area (Å²) in [6.07, 6.45) is 4.87. The molecule has 0 radical (unpaired) electrons. The van der Waals surface area contributed by atoms with Crippen molar-refractivity contribution in [2.24, 2.45) is 0 Å². The van der Waals surface area contributed by atoms with Gasteiger partial charge in [0.2, 0.25) is 0 Å². The van der Waals surface area contributed by atoms with Gasteiger partial charge in [-0.25, -0.2) is 19.9 Å². The summed E-state index contributed by atoms with van der Waals surface area (Å²) < 4.78 is 5.20. The largest absolute Gasteiger partial charge is 0.336 e. The summed E-state index contributed by atoms with van der Waals surface area (Å²) in [5.41, 5.74) is 2.82. The van der Waals surface area contributed by atoms with Crippen molar-refractivity contribution in [1.82, 2.24) is 25.1 Å². The summed E-state index contributed by atoms with van der Waals surface area (Å²) in [5.74, 6) is 0. The second kappa shape index (κ2) is 5.11. The SMILES string of the molecule is Cc1noc2nc(-c3sc(-c4cncnc4)nc3Cl)ccc12. The molecule has 0 aliphatic rings. The van der Waals surface area contributed by atoms with E-state index in [1.807, 2.05) is 19.1 Å². The molecule has 0 saturated heterocycles. The molecule has 0 aliphatic carbocycles. The first kappa shape index (κ1) is 13.3. The number of rotatable bonds is 2. The molecule has 0 aromatic carbocycles. The minimum absolute atomic E-state index is 0.395. The highest BCUT2D eigenvalue weighted by atomic mass is 35.5. The molecule has 0 saturated carbocycles. The van der Waals surface area contributed by atoms with E-state index >= 15 is 0 Å². The quantitative estimate of drug-likeness (QED) is 0.557. The van der Waals surface area contributed by atoms with Crippen molar-refractivity contribution in [3.05, 3.63) is 41.7 Å². The zero-order valence-corrected chi connectivity index (χ0v) is 12.9. The Morgan fingerprint density at radius 2 is 1.95 bits per heavy atom. The topological polar surface area (TPSA) is 77.6 Å². The average Bonchev–Trinajstić information content (AvgIpc) is 3.11. The molecule has 0 N–H and O–H groups in total. The van der Waals surface area contributed by atoms with Gasteiger partial charge in [-0.3, -0.25) is 0 Å². The zero-order valence-electron chi connectivity index (χ0n) is 11.3. The van der Waals surface area contributed by atoms with Gasteiger partial charge in [-0.2, -0.15) is 0 Å². The van der Waals surface area contributed by atoms with Crippen LogP contribution in [0.3, 0.4) is 0 Å². The molecule has 4 rings (SSSR count). The normalized spacial score (nSPS) is 11.2. The van der Waals surface area contributed by atoms with Gasteiger partial charge in [-0.15, -0.1) is 11.3 Å². The van der Waals surface area contributed by atoms with Gasteiger partial charge < -0.3 is 4.52 Å². The van der Waals surface area contributed by atoms with Gasteiger partial charge in [0.25, 0.3) is 5.71 Å². The molecule has 6 nitrogen and oxygen atoms in total. The Labute approximate surface area is 133 Å². The van der Waals surface area contributed by atoms with E-state index in [4.69, 9.17) is 16.1 Å². The minimum atomic E-state index is 0.395. The van der Waals surface area contributed by atoms with Crippen molar-refractivity contribution >= 4 is 34.0 Å². The van der Waals surface area contributed by atoms with Crippen LogP contribution >= 0.6 is 22.9 Å². The maximum absolute atomic E-state index is 6.26. The number of aromatic nitrogens is 5. The Morgan fingerprint density at radius 1 is 1.14 bits per heavy atom. The number of hydrogen-bond acceptors (Lipinski definition) is 7. The van der Waals surface area contributed by atoms with Crippen molar-refractivity contribution in [3.63, 3.8) is 0 Å². The van der Waals surface area contributed by atoms with Gasteiger partial charge in [0.1, 0.15) is 16.5 Å². The van der Waals surface area contributed by atoms with E-state index in [1.54, 1.807) is 12.4 Å². The summed E-state index contributed by atoms with van der Waals surface area (Å²) in [6.45, 7) is 1.88. The summed E-state index contributed by atoms with van der Waals surface area (Å²) in [6, 6.07) is 3.81. The maximum atomic E-state index is 6.26. The van der Waals surface area contributed by atoms with Crippen LogP contribution in [0.25, 0.3) is 32.2 Å². The molecule has 4 heterocycles. The first-order chi connectivity index (χ1) is 10.7. The predicted molar refractivity (Wildman–Crippen MR) is 83.7 cm³/mol. The van der Waals surface area contributed by atoms with Crippen LogP contribution in [0.15, 0.2) is 35.4 Å². The van der Waals surface area contributed by atoms with E-state index < -0.39 is 0 Å². The van der Waals surface area contributed by atoms with Crippen LogP contribution in [0.5, 0.6) is 0 Å². The van der Waals surface area contributed by atoms with Crippen molar-refractivity contribution in [1.29, 1.82) is 0 Å². The molecule has 8 heteroatoms. The number of halogens is 1. The number of nitrogens with zero attached hydrogens (tertiary/aromatic N) is 5. The number of pyridine rings is 1. The summed E-state index contributed by atoms with van der Waals surface area (Å²) in [5, 5.41) is 5.94. The lowest BCUT2D eigenvalue weighted by Gasteiger charge is -1.96. The molecule has 0 amide bonds. The van der Waals surface area contributed by atoms with Crippen molar-refractivity contribution < 1.29 is 4.52 Å².